The van der Waals surface area contributed by atoms with Gasteiger partial charge in [-0.25, -0.2) is 0 Å². The van der Waals surface area contributed by atoms with Crippen molar-refractivity contribution in [3.8, 4) is 0 Å². The molecule has 0 saturated heterocycles. The van der Waals surface area contributed by atoms with Gasteiger partial charge in [0.15, 0.2) is 0 Å². The van der Waals surface area contributed by atoms with E-state index in [1.165, 1.54) is 7.11 Å². The number of allylic oxidation sites excluding steroid dienone is 1. The second kappa shape index (κ2) is 2.86. The predicted molar refractivity (Wildman–Crippen MR) is 38.4 cm³/mol. The van der Waals surface area contributed by atoms with E-state index in [0.717, 1.165) is 12.8 Å². The van der Waals surface area contributed by atoms with Crippen molar-refractivity contribution in [1.29, 1.82) is 0 Å². The maximum atomic E-state index is 10.8. The normalized spacial score (nSPS) is 29.3. The number of ether oxygens (including phenoxy) is 1. The maximum absolute atomic E-state index is 10.8. The molecular weight excluding hydrogens is 128 g/mol. The van der Waals surface area contributed by atoms with E-state index in [2.05, 4.69) is 11.3 Å². The van der Waals surface area contributed by atoms with Crippen LogP contribution < -0.4 is 0 Å². The molecule has 56 valence electrons. The third-order valence-corrected chi connectivity index (χ3v) is 1.90. The van der Waals surface area contributed by atoms with Crippen molar-refractivity contribution in [2.45, 2.75) is 12.8 Å². The molecule has 0 radical (unpaired) electrons. The van der Waals surface area contributed by atoms with Gasteiger partial charge in [-0.1, -0.05) is 6.08 Å². The Morgan fingerprint density at radius 2 is 2.60 bits per heavy atom. The molecule has 2 heteroatoms. The molecular formula is C8H12O2. The van der Waals surface area contributed by atoms with Crippen molar-refractivity contribution < 1.29 is 9.53 Å². The molecule has 0 heterocycles. The van der Waals surface area contributed by atoms with Gasteiger partial charge in [0.25, 0.3) is 0 Å². The molecule has 2 nitrogen and oxygen atoms in total. The van der Waals surface area contributed by atoms with Gasteiger partial charge in [0.1, 0.15) is 0 Å². The van der Waals surface area contributed by atoms with Gasteiger partial charge in [0, 0.05) is 0 Å². The topological polar surface area (TPSA) is 26.3 Å². The molecule has 10 heavy (non-hydrogen) atoms. The summed E-state index contributed by atoms with van der Waals surface area (Å²) in [6, 6.07) is 0. The Morgan fingerprint density at radius 3 is 3.10 bits per heavy atom. The first-order valence-electron chi connectivity index (χ1n) is 3.48. The first-order chi connectivity index (χ1) is 4.79. The third-order valence-electron chi connectivity index (χ3n) is 1.90. The van der Waals surface area contributed by atoms with Crippen LogP contribution in [0.15, 0.2) is 12.7 Å². The summed E-state index contributed by atoms with van der Waals surface area (Å²) in [6.07, 6.45) is 3.78. The van der Waals surface area contributed by atoms with E-state index in [4.69, 9.17) is 0 Å². The van der Waals surface area contributed by atoms with Gasteiger partial charge >= 0.3 is 5.97 Å². The fourth-order valence-corrected chi connectivity index (χ4v) is 1.16. The third kappa shape index (κ3) is 1.38. The molecule has 0 aromatic rings. The summed E-state index contributed by atoms with van der Waals surface area (Å²) in [7, 11) is 1.44. The van der Waals surface area contributed by atoms with Crippen molar-refractivity contribution in [2.24, 2.45) is 11.8 Å². The largest absolute Gasteiger partial charge is 0.469 e. The fourth-order valence-electron chi connectivity index (χ4n) is 1.16. The highest BCUT2D eigenvalue weighted by Gasteiger charge is 2.42. The quantitative estimate of drug-likeness (QED) is 0.437. The molecule has 1 rings (SSSR count). The lowest BCUT2D eigenvalue weighted by atomic mass is 10.2. The number of hydrogen-bond acceptors (Lipinski definition) is 2. The van der Waals surface area contributed by atoms with Gasteiger partial charge in [0.2, 0.25) is 0 Å². The van der Waals surface area contributed by atoms with Crippen molar-refractivity contribution in [3.05, 3.63) is 12.7 Å². The van der Waals surface area contributed by atoms with E-state index in [1.807, 2.05) is 6.08 Å². The van der Waals surface area contributed by atoms with Gasteiger partial charge in [-0.3, -0.25) is 4.79 Å². The summed E-state index contributed by atoms with van der Waals surface area (Å²) in [6.45, 7) is 3.61. The maximum Gasteiger partial charge on any atom is 0.308 e. The van der Waals surface area contributed by atoms with Gasteiger partial charge in [-0.15, -0.1) is 6.58 Å². The van der Waals surface area contributed by atoms with E-state index in [1.54, 1.807) is 0 Å². The van der Waals surface area contributed by atoms with E-state index < -0.39 is 0 Å². The van der Waals surface area contributed by atoms with Crippen molar-refractivity contribution >= 4 is 5.97 Å². The molecule has 0 aromatic carbocycles. The minimum absolute atomic E-state index is 0.0631. The highest BCUT2D eigenvalue weighted by Crippen LogP contribution is 2.41. The first-order valence-corrected chi connectivity index (χ1v) is 3.48. The van der Waals surface area contributed by atoms with Crippen LogP contribution in [0.25, 0.3) is 0 Å². The average Bonchev–Trinajstić information content (AvgIpc) is 2.67. The summed E-state index contributed by atoms with van der Waals surface area (Å²) >= 11 is 0. The molecule has 2 atom stereocenters. The predicted octanol–water partition coefficient (Wildman–Crippen LogP) is 1.37. The second-order valence-corrected chi connectivity index (χ2v) is 2.65. The standard InChI is InChI=1S/C8H12O2/c1-3-4-6-5-7(6)8(9)10-2/h3,6-7H,1,4-5H2,2H3. The fraction of sp³-hybridized carbons (Fsp3) is 0.625. The molecule has 1 fully saturated rings. The van der Waals surface area contributed by atoms with Crippen LogP contribution >= 0.6 is 0 Å². The van der Waals surface area contributed by atoms with Crippen LogP contribution in [0.2, 0.25) is 0 Å². The van der Waals surface area contributed by atoms with Gasteiger partial charge in [0.05, 0.1) is 13.0 Å². The van der Waals surface area contributed by atoms with Gasteiger partial charge < -0.3 is 4.74 Å². The Kier molecular flexibility index (Phi) is 2.10. The highest BCUT2D eigenvalue weighted by atomic mass is 16.5. The molecule has 1 aliphatic carbocycles. The zero-order valence-corrected chi connectivity index (χ0v) is 6.17. The van der Waals surface area contributed by atoms with Crippen LogP contribution in [0.3, 0.4) is 0 Å². The van der Waals surface area contributed by atoms with Crippen LogP contribution in [0, 0.1) is 11.8 Å². The molecule has 0 amide bonds. The lowest BCUT2D eigenvalue weighted by Gasteiger charge is -1.93. The number of hydrogen-bond donors (Lipinski definition) is 0. The average molecular weight is 140 g/mol. The number of rotatable bonds is 3. The van der Waals surface area contributed by atoms with E-state index in [0.29, 0.717) is 5.92 Å². The van der Waals surface area contributed by atoms with Crippen LogP contribution in [0.5, 0.6) is 0 Å². The van der Waals surface area contributed by atoms with Crippen molar-refractivity contribution in [3.63, 3.8) is 0 Å². The SMILES string of the molecule is C=CCC1CC1C(=O)OC. The molecule has 0 N–H and O–H groups in total. The molecule has 0 aromatic heterocycles. The van der Waals surface area contributed by atoms with Crippen LogP contribution in [-0.2, 0) is 9.53 Å². The Hall–Kier alpha value is -0.790. The molecule has 0 spiro atoms. The number of esters is 1. The molecule has 0 bridgehead atoms. The smallest absolute Gasteiger partial charge is 0.308 e. The summed E-state index contributed by atoms with van der Waals surface area (Å²) in [5.74, 6) is 0.625. The summed E-state index contributed by atoms with van der Waals surface area (Å²) < 4.78 is 4.58. The van der Waals surface area contributed by atoms with Gasteiger partial charge in [-0.2, -0.15) is 0 Å². The van der Waals surface area contributed by atoms with Crippen LogP contribution in [0.4, 0.5) is 0 Å². The zero-order valence-electron chi connectivity index (χ0n) is 6.17. The van der Waals surface area contributed by atoms with Crippen LogP contribution in [-0.4, -0.2) is 13.1 Å². The summed E-state index contributed by atoms with van der Waals surface area (Å²) in [4.78, 5) is 10.8. The minimum atomic E-state index is -0.0631. The number of carbonyl (C=O) groups excluding carboxylic acids is 1. The number of carbonyl (C=O) groups is 1. The summed E-state index contributed by atoms with van der Waals surface area (Å²) in [5, 5.41) is 0. The first kappa shape index (κ1) is 7.32. The molecule has 1 aliphatic rings. The van der Waals surface area contributed by atoms with E-state index >= 15 is 0 Å². The molecule has 2 unspecified atom stereocenters. The Bertz CT molecular complexity index is 151. The lowest BCUT2D eigenvalue weighted by Crippen LogP contribution is -2.03. The monoisotopic (exact) mass is 140 g/mol. The lowest BCUT2D eigenvalue weighted by molar-refractivity contribution is -0.142. The van der Waals surface area contributed by atoms with Crippen molar-refractivity contribution in [1.82, 2.24) is 0 Å². The van der Waals surface area contributed by atoms with Crippen LogP contribution in [0.1, 0.15) is 12.8 Å². The Balaban J connectivity index is 2.24. The highest BCUT2D eigenvalue weighted by molar-refractivity contribution is 5.75. The van der Waals surface area contributed by atoms with E-state index in [-0.39, 0.29) is 11.9 Å². The zero-order chi connectivity index (χ0) is 7.56. The summed E-state index contributed by atoms with van der Waals surface area (Å²) in [5.41, 5.74) is 0. The van der Waals surface area contributed by atoms with Gasteiger partial charge in [-0.05, 0) is 18.8 Å². The minimum Gasteiger partial charge on any atom is -0.469 e. The Labute approximate surface area is 60.9 Å². The van der Waals surface area contributed by atoms with E-state index in [9.17, 15) is 4.79 Å². The van der Waals surface area contributed by atoms with Crippen molar-refractivity contribution in [2.75, 3.05) is 7.11 Å². The Morgan fingerprint density at radius 1 is 1.90 bits per heavy atom. The molecule has 1 saturated carbocycles. The second-order valence-electron chi connectivity index (χ2n) is 2.65. The molecule has 0 aliphatic heterocycles. The number of methoxy groups -OCH3 is 1.